The number of benzene rings is 1. The summed E-state index contributed by atoms with van der Waals surface area (Å²) in [6.07, 6.45) is 0. The van der Waals surface area contributed by atoms with Gasteiger partial charge in [-0.25, -0.2) is 13.2 Å². The Labute approximate surface area is 107 Å². The molecule has 0 heterocycles. The first kappa shape index (κ1) is 14.7. The van der Waals surface area contributed by atoms with E-state index >= 15 is 0 Å². The second kappa shape index (κ2) is 6.51. The predicted octanol–water partition coefficient (Wildman–Crippen LogP) is 0.909. The fourth-order valence-corrected chi connectivity index (χ4v) is 2.11. The maximum absolute atomic E-state index is 11.2. The standard InChI is InChI=1S/C12H17NO4S/c1-2-18(16,17)8-7-13-9-10-3-5-11(6-4-10)12(14)15/h3-6,13H,2,7-9H2,1H3,(H,14,15). The molecule has 0 radical (unpaired) electrons. The maximum atomic E-state index is 11.2. The van der Waals surface area contributed by atoms with Crippen LogP contribution in [0.5, 0.6) is 0 Å². The lowest BCUT2D eigenvalue weighted by Crippen LogP contribution is -2.23. The van der Waals surface area contributed by atoms with Crippen molar-refractivity contribution in [1.82, 2.24) is 5.32 Å². The molecule has 0 saturated carbocycles. The van der Waals surface area contributed by atoms with Crippen LogP contribution in [-0.2, 0) is 16.4 Å². The fourth-order valence-electron chi connectivity index (χ4n) is 1.37. The van der Waals surface area contributed by atoms with Crippen LogP contribution in [0.1, 0.15) is 22.8 Å². The van der Waals surface area contributed by atoms with Crippen LogP contribution >= 0.6 is 0 Å². The molecule has 0 atom stereocenters. The lowest BCUT2D eigenvalue weighted by molar-refractivity contribution is 0.0697. The lowest BCUT2D eigenvalue weighted by Gasteiger charge is -2.05. The van der Waals surface area contributed by atoms with Gasteiger partial charge in [0.25, 0.3) is 0 Å². The van der Waals surface area contributed by atoms with E-state index in [1.54, 1.807) is 19.1 Å². The average molecular weight is 271 g/mol. The van der Waals surface area contributed by atoms with Crippen molar-refractivity contribution in [3.8, 4) is 0 Å². The van der Waals surface area contributed by atoms with Gasteiger partial charge in [-0.1, -0.05) is 19.1 Å². The summed E-state index contributed by atoms with van der Waals surface area (Å²) in [5.41, 5.74) is 1.17. The molecule has 2 N–H and O–H groups in total. The minimum atomic E-state index is -2.93. The molecule has 18 heavy (non-hydrogen) atoms. The first-order valence-electron chi connectivity index (χ1n) is 5.68. The normalized spacial score (nSPS) is 11.4. The summed E-state index contributed by atoms with van der Waals surface area (Å²) in [5, 5.41) is 11.7. The molecule has 0 unspecified atom stereocenters. The Morgan fingerprint density at radius 2 is 1.89 bits per heavy atom. The number of rotatable bonds is 7. The molecule has 0 saturated heterocycles. The third kappa shape index (κ3) is 4.85. The summed E-state index contributed by atoms with van der Waals surface area (Å²) < 4.78 is 22.4. The molecule has 1 rings (SSSR count). The zero-order valence-electron chi connectivity index (χ0n) is 10.2. The molecule has 1 aromatic carbocycles. The molecule has 5 nitrogen and oxygen atoms in total. The summed E-state index contributed by atoms with van der Waals surface area (Å²) >= 11 is 0. The molecular weight excluding hydrogens is 254 g/mol. The number of nitrogens with one attached hydrogen (secondary N) is 1. The zero-order valence-corrected chi connectivity index (χ0v) is 11.0. The Kier molecular flexibility index (Phi) is 5.30. The quantitative estimate of drug-likeness (QED) is 0.720. The van der Waals surface area contributed by atoms with Crippen molar-refractivity contribution in [3.05, 3.63) is 35.4 Å². The van der Waals surface area contributed by atoms with Gasteiger partial charge in [-0.3, -0.25) is 0 Å². The second-order valence-electron chi connectivity index (χ2n) is 3.92. The molecular formula is C12H17NO4S. The van der Waals surface area contributed by atoms with Gasteiger partial charge in [0, 0.05) is 18.8 Å². The minimum Gasteiger partial charge on any atom is -0.478 e. The van der Waals surface area contributed by atoms with Crippen molar-refractivity contribution in [2.45, 2.75) is 13.5 Å². The monoisotopic (exact) mass is 271 g/mol. The summed E-state index contributed by atoms with van der Waals surface area (Å²) in [6, 6.07) is 6.49. The summed E-state index contributed by atoms with van der Waals surface area (Å²) in [4.78, 5) is 10.6. The first-order valence-corrected chi connectivity index (χ1v) is 7.50. The Bertz CT molecular complexity index is 493. The van der Waals surface area contributed by atoms with E-state index in [4.69, 9.17) is 5.11 Å². The van der Waals surface area contributed by atoms with E-state index in [-0.39, 0.29) is 17.1 Å². The SMILES string of the molecule is CCS(=O)(=O)CCNCc1ccc(C(=O)O)cc1. The zero-order chi connectivity index (χ0) is 13.6. The van der Waals surface area contributed by atoms with Gasteiger partial charge in [0.1, 0.15) is 0 Å². The van der Waals surface area contributed by atoms with Crippen LogP contribution < -0.4 is 5.32 Å². The van der Waals surface area contributed by atoms with Gasteiger partial charge in [-0.2, -0.15) is 0 Å². The Morgan fingerprint density at radius 3 is 2.39 bits per heavy atom. The third-order valence-corrected chi connectivity index (χ3v) is 4.27. The summed E-state index contributed by atoms with van der Waals surface area (Å²) in [5.74, 6) is -0.679. The smallest absolute Gasteiger partial charge is 0.335 e. The van der Waals surface area contributed by atoms with E-state index in [0.717, 1.165) is 5.56 Å². The molecule has 6 heteroatoms. The highest BCUT2D eigenvalue weighted by atomic mass is 32.2. The van der Waals surface area contributed by atoms with Crippen LogP contribution in [-0.4, -0.2) is 37.5 Å². The highest BCUT2D eigenvalue weighted by molar-refractivity contribution is 7.91. The van der Waals surface area contributed by atoms with Crippen LogP contribution in [0.3, 0.4) is 0 Å². The van der Waals surface area contributed by atoms with Gasteiger partial charge in [0.15, 0.2) is 9.84 Å². The highest BCUT2D eigenvalue weighted by Gasteiger charge is 2.06. The van der Waals surface area contributed by atoms with Crippen molar-refractivity contribution >= 4 is 15.8 Å². The summed E-state index contributed by atoms with van der Waals surface area (Å²) in [6.45, 7) is 2.55. The molecule has 0 aliphatic heterocycles. The average Bonchev–Trinajstić information content (AvgIpc) is 2.35. The van der Waals surface area contributed by atoms with Crippen molar-refractivity contribution in [1.29, 1.82) is 0 Å². The van der Waals surface area contributed by atoms with Crippen molar-refractivity contribution in [2.75, 3.05) is 18.1 Å². The topological polar surface area (TPSA) is 83.5 Å². The van der Waals surface area contributed by atoms with Crippen molar-refractivity contribution in [2.24, 2.45) is 0 Å². The molecule has 0 aromatic heterocycles. The van der Waals surface area contributed by atoms with Gasteiger partial charge in [-0.15, -0.1) is 0 Å². The molecule has 0 fully saturated rings. The number of hydrogen-bond acceptors (Lipinski definition) is 4. The van der Waals surface area contributed by atoms with Crippen LogP contribution in [0.4, 0.5) is 0 Å². The van der Waals surface area contributed by atoms with Gasteiger partial charge < -0.3 is 10.4 Å². The van der Waals surface area contributed by atoms with E-state index in [1.165, 1.54) is 12.1 Å². The van der Waals surface area contributed by atoms with E-state index in [9.17, 15) is 13.2 Å². The van der Waals surface area contributed by atoms with Crippen molar-refractivity contribution < 1.29 is 18.3 Å². The molecule has 1 aromatic rings. The van der Waals surface area contributed by atoms with Crippen molar-refractivity contribution in [3.63, 3.8) is 0 Å². The van der Waals surface area contributed by atoms with E-state index < -0.39 is 15.8 Å². The number of hydrogen-bond donors (Lipinski definition) is 2. The molecule has 0 spiro atoms. The van der Waals surface area contributed by atoms with E-state index in [1.807, 2.05) is 0 Å². The molecule has 0 aliphatic carbocycles. The van der Waals surface area contributed by atoms with E-state index in [0.29, 0.717) is 13.1 Å². The minimum absolute atomic E-state index is 0.122. The molecule has 100 valence electrons. The predicted molar refractivity (Wildman–Crippen MR) is 69.4 cm³/mol. The van der Waals surface area contributed by atoms with Gasteiger partial charge in [-0.05, 0) is 17.7 Å². The second-order valence-corrected chi connectivity index (χ2v) is 6.39. The van der Waals surface area contributed by atoms with Crippen LogP contribution in [0.25, 0.3) is 0 Å². The lowest BCUT2D eigenvalue weighted by atomic mass is 10.1. The number of carboxylic acids is 1. The Balaban J connectivity index is 2.38. The number of carbonyl (C=O) groups is 1. The largest absolute Gasteiger partial charge is 0.478 e. The van der Waals surface area contributed by atoms with Crippen LogP contribution in [0, 0.1) is 0 Å². The van der Waals surface area contributed by atoms with E-state index in [2.05, 4.69) is 5.32 Å². The molecule has 0 amide bonds. The number of aromatic carboxylic acids is 1. The van der Waals surface area contributed by atoms with Crippen LogP contribution in [0.2, 0.25) is 0 Å². The molecule has 0 aliphatic rings. The Hall–Kier alpha value is -1.40. The molecule has 0 bridgehead atoms. The number of carboxylic acid groups (broad SMARTS) is 1. The number of sulfone groups is 1. The summed E-state index contributed by atoms with van der Waals surface area (Å²) in [7, 11) is -2.93. The Morgan fingerprint density at radius 1 is 1.28 bits per heavy atom. The first-order chi connectivity index (χ1) is 8.44. The fraction of sp³-hybridized carbons (Fsp3) is 0.417. The maximum Gasteiger partial charge on any atom is 0.335 e. The third-order valence-electron chi connectivity index (χ3n) is 2.56. The van der Waals surface area contributed by atoms with Crippen LogP contribution in [0.15, 0.2) is 24.3 Å². The highest BCUT2D eigenvalue weighted by Crippen LogP contribution is 2.04. The van der Waals surface area contributed by atoms with Gasteiger partial charge >= 0.3 is 5.97 Å². The van der Waals surface area contributed by atoms with Gasteiger partial charge in [0.2, 0.25) is 0 Å². The van der Waals surface area contributed by atoms with Gasteiger partial charge in [0.05, 0.1) is 11.3 Å².